The lowest BCUT2D eigenvalue weighted by Crippen LogP contribution is -2.18. The largest absolute Gasteiger partial charge is 0.482 e. The Bertz CT molecular complexity index is 987. The van der Waals surface area contributed by atoms with Gasteiger partial charge in [-0.1, -0.05) is 63.2 Å². The highest BCUT2D eigenvalue weighted by molar-refractivity contribution is 6.09. The summed E-state index contributed by atoms with van der Waals surface area (Å²) in [5.41, 5.74) is 2.48. The van der Waals surface area contributed by atoms with Crippen LogP contribution in [-0.4, -0.2) is 18.4 Å². The van der Waals surface area contributed by atoms with Crippen molar-refractivity contribution < 1.29 is 19.1 Å². The van der Waals surface area contributed by atoms with E-state index in [-0.39, 0.29) is 17.8 Å². The van der Waals surface area contributed by atoms with E-state index in [1.165, 1.54) is 5.56 Å². The molecule has 3 rings (SSSR count). The van der Waals surface area contributed by atoms with Gasteiger partial charge in [-0.25, -0.2) is 4.79 Å². The van der Waals surface area contributed by atoms with E-state index in [0.29, 0.717) is 22.6 Å². The first-order valence-corrected chi connectivity index (χ1v) is 10.0. The van der Waals surface area contributed by atoms with Crippen LogP contribution in [0.5, 0.6) is 11.5 Å². The standard InChI is InChI=1S/C26H26O4/c1-4-26(2,3)21-12-16-22(17-13-21)29-18-24(27)30-23-14-10-20(11-15-23)25(28)19-8-6-5-7-9-19/h5-17H,4,18H2,1-3H3. The zero-order chi connectivity index (χ0) is 21.6. The number of rotatable bonds is 8. The molecule has 0 saturated heterocycles. The van der Waals surface area contributed by atoms with Gasteiger partial charge in [0.1, 0.15) is 11.5 Å². The molecule has 4 heteroatoms. The molecule has 0 aliphatic rings. The van der Waals surface area contributed by atoms with Crippen LogP contribution in [-0.2, 0) is 10.2 Å². The van der Waals surface area contributed by atoms with Gasteiger partial charge in [0.2, 0.25) is 0 Å². The average Bonchev–Trinajstić information content (AvgIpc) is 2.78. The third-order valence-electron chi connectivity index (χ3n) is 5.26. The van der Waals surface area contributed by atoms with E-state index in [1.54, 1.807) is 36.4 Å². The number of carbonyl (C=O) groups is 2. The molecule has 0 aliphatic carbocycles. The molecular formula is C26H26O4. The Balaban J connectivity index is 1.53. The fourth-order valence-electron chi connectivity index (χ4n) is 2.94. The highest BCUT2D eigenvalue weighted by atomic mass is 16.6. The van der Waals surface area contributed by atoms with Gasteiger partial charge in [-0.3, -0.25) is 4.79 Å². The van der Waals surface area contributed by atoms with Gasteiger partial charge in [0.05, 0.1) is 0 Å². The van der Waals surface area contributed by atoms with E-state index < -0.39 is 5.97 Å². The number of ketones is 1. The van der Waals surface area contributed by atoms with Crippen LogP contribution in [0.25, 0.3) is 0 Å². The van der Waals surface area contributed by atoms with Gasteiger partial charge in [0.25, 0.3) is 0 Å². The molecule has 0 aliphatic heterocycles. The summed E-state index contributed by atoms with van der Waals surface area (Å²) < 4.78 is 10.8. The average molecular weight is 402 g/mol. The Hall–Kier alpha value is -3.40. The highest BCUT2D eigenvalue weighted by Crippen LogP contribution is 2.28. The van der Waals surface area contributed by atoms with Gasteiger partial charge in [-0.05, 0) is 53.8 Å². The maximum atomic E-state index is 12.4. The summed E-state index contributed by atoms with van der Waals surface area (Å²) in [4.78, 5) is 24.5. The van der Waals surface area contributed by atoms with Crippen LogP contribution in [0.3, 0.4) is 0 Å². The van der Waals surface area contributed by atoms with E-state index >= 15 is 0 Å². The predicted molar refractivity (Wildman–Crippen MR) is 117 cm³/mol. The fourth-order valence-corrected chi connectivity index (χ4v) is 2.94. The lowest BCUT2D eigenvalue weighted by molar-refractivity contribution is -0.136. The van der Waals surface area contributed by atoms with Crippen LogP contribution in [0.15, 0.2) is 78.9 Å². The van der Waals surface area contributed by atoms with Crippen molar-refractivity contribution in [1.29, 1.82) is 0 Å². The minimum Gasteiger partial charge on any atom is -0.482 e. The van der Waals surface area contributed by atoms with Crippen molar-refractivity contribution in [2.45, 2.75) is 32.6 Å². The second kappa shape index (κ2) is 9.40. The molecule has 0 amide bonds. The van der Waals surface area contributed by atoms with E-state index in [4.69, 9.17) is 9.47 Å². The molecule has 0 unspecified atom stereocenters. The lowest BCUT2D eigenvalue weighted by atomic mass is 9.82. The lowest BCUT2D eigenvalue weighted by Gasteiger charge is -2.23. The molecule has 0 spiro atoms. The van der Waals surface area contributed by atoms with E-state index in [0.717, 1.165) is 6.42 Å². The van der Waals surface area contributed by atoms with Crippen LogP contribution in [0, 0.1) is 0 Å². The van der Waals surface area contributed by atoms with Crippen molar-refractivity contribution >= 4 is 11.8 Å². The number of hydrogen-bond donors (Lipinski definition) is 0. The SMILES string of the molecule is CCC(C)(C)c1ccc(OCC(=O)Oc2ccc(C(=O)c3ccccc3)cc2)cc1. The summed E-state index contributed by atoms with van der Waals surface area (Å²) in [6.45, 7) is 6.35. The van der Waals surface area contributed by atoms with Crippen LogP contribution < -0.4 is 9.47 Å². The Labute approximate surface area is 177 Å². The number of benzene rings is 3. The predicted octanol–water partition coefficient (Wildman–Crippen LogP) is 5.59. The zero-order valence-electron chi connectivity index (χ0n) is 17.6. The third kappa shape index (κ3) is 5.35. The minimum atomic E-state index is -0.505. The second-order valence-electron chi connectivity index (χ2n) is 7.74. The third-order valence-corrected chi connectivity index (χ3v) is 5.26. The smallest absolute Gasteiger partial charge is 0.349 e. The molecule has 30 heavy (non-hydrogen) atoms. The Morgan fingerprint density at radius 1 is 0.767 bits per heavy atom. The van der Waals surface area contributed by atoms with Crippen molar-refractivity contribution in [3.8, 4) is 11.5 Å². The maximum Gasteiger partial charge on any atom is 0.349 e. The molecule has 0 bridgehead atoms. The number of esters is 1. The van der Waals surface area contributed by atoms with Gasteiger partial charge in [-0.2, -0.15) is 0 Å². The van der Waals surface area contributed by atoms with Crippen LogP contribution in [0.1, 0.15) is 48.7 Å². The van der Waals surface area contributed by atoms with Gasteiger partial charge < -0.3 is 9.47 Å². The van der Waals surface area contributed by atoms with E-state index in [1.807, 2.05) is 42.5 Å². The van der Waals surface area contributed by atoms with Crippen molar-refractivity contribution in [1.82, 2.24) is 0 Å². The Morgan fingerprint density at radius 2 is 1.33 bits per heavy atom. The molecule has 3 aromatic rings. The zero-order valence-corrected chi connectivity index (χ0v) is 17.6. The molecule has 0 saturated carbocycles. The van der Waals surface area contributed by atoms with E-state index in [2.05, 4.69) is 20.8 Å². The Kier molecular flexibility index (Phi) is 6.68. The van der Waals surface area contributed by atoms with Crippen LogP contribution >= 0.6 is 0 Å². The van der Waals surface area contributed by atoms with Gasteiger partial charge in [-0.15, -0.1) is 0 Å². The summed E-state index contributed by atoms with van der Waals surface area (Å²) in [6, 6.07) is 23.3. The number of carbonyl (C=O) groups excluding carboxylic acids is 2. The van der Waals surface area contributed by atoms with Crippen molar-refractivity contribution in [3.63, 3.8) is 0 Å². The molecule has 0 aromatic heterocycles. The number of ether oxygens (including phenoxy) is 2. The number of hydrogen-bond acceptors (Lipinski definition) is 4. The fraction of sp³-hybridized carbons (Fsp3) is 0.231. The molecule has 154 valence electrons. The molecule has 0 fully saturated rings. The van der Waals surface area contributed by atoms with Gasteiger partial charge in [0.15, 0.2) is 12.4 Å². The van der Waals surface area contributed by atoms with Crippen LogP contribution in [0.2, 0.25) is 0 Å². The first-order valence-electron chi connectivity index (χ1n) is 10.0. The maximum absolute atomic E-state index is 12.4. The summed E-state index contributed by atoms with van der Waals surface area (Å²) >= 11 is 0. The van der Waals surface area contributed by atoms with Crippen LogP contribution in [0.4, 0.5) is 0 Å². The molecule has 3 aromatic carbocycles. The van der Waals surface area contributed by atoms with Crippen molar-refractivity contribution in [3.05, 3.63) is 95.6 Å². The normalized spacial score (nSPS) is 11.0. The summed E-state index contributed by atoms with van der Waals surface area (Å²) in [6.07, 6.45) is 1.04. The minimum absolute atomic E-state index is 0.0773. The summed E-state index contributed by atoms with van der Waals surface area (Å²) in [5, 5.41) is 0. The van der Waals surface area contributed by atoms with Crippen molar-refractivity contribution in [2.24, 2.45) is 0 Å². The quantitative estimate of drug-likeness (QED) is 0.280. The monoisotopic (exact) mass is 402 g/mol. The van der Waals surface area contributed by atoms with E-state index in [9.17, 15) is 9.59 Å². The Morgan fingerprint density at radius 3 is 1.93 bits per heavy atom. The first kappa shape index (κ1) is 21.3. The molecule has 0 N–H and O–H groups in total. The molecule has 0 radical (unpaired) electrons. The summed E-state index contributed by atoms with van der Waals surface area (Å²) in [7, 11) is 0. The van der Waals surface area contributed by atoms with Crippen molar-refractivity contribution in [2.75, 3.05) is 6.61 Å². The summed E-state index contributed by atoms with van der Waals surface area (Å²) in [5.74, 6) is 0.404. The molecule has 0 atom stereocenters. The molecule has 4 nitrogen and oxygen atoms in total. The topological polar surface area (TPSA) is 52.6 Å². The van der Waals surface area contributed by atoms with Gasteiger partial charge in [0, 0.05) is 11.1 Å². The molecular weight excluding hydrogens is 376 g/mol. The second-order valence-corrected chi connectivity index (χ2v) is 7.74. The first-order chi connectivity index (χ1) is 14.4. The van der Waals surface area contributed by atoms with Gasteiger partial charge >= 0.3 is 5.97 Å². The molecule has 0 heterocycles. The highest BCUT2D eigenvalue weighted by Gasteiger charge is 2.17.